The molecule has 2 saturated heterocycles. The van der Waals surface area contributed by atoms with Crippen LogP contribution in [0.25, 0.3) is 22.2 Å². The van der Waals surface area contributed by atoms with Crippen molar-refractivity contribution in [2.45, 2.75) is 77.5 Å². The number of ether oxygens (including phenoxy) is 2. The van der Waals surface area contributed by atoms with Crippen molar-refractivity contribution in [3.05, 3.63) is 99.8 Å². The second-order valence-electron chi connectivity index (χ2n) is 13.5. The first-order valence-corrected chi connectivity index (χ1v) is 17.9. The van der Waals surface area contributed by atoms with Crippen LogP contribution in [0.3, 0.4) is 0 Å². The quantitative estimate of drug-likeness (QED) is 0.133. The smallest absolute Gasteiger partial charge is 0.320 e. The predicted octanol–water partition coefficient (Wildman–Crippen LogP) is 7.46. The Morgan fingerprint density at radius 3 is 2.73 bits per heavy atom. The van der Waals surface area contributed by atoms with Crippen LogP contribution in [0.2, 0.25) is 5.02 Å². The van der Waals surface area contributed by atoms with E-state index in [4.69, 9.17) is 30.5 Å². The molecular weight excluding hydrogens is 680 g/mol. The van der Waals surface area contributed by atoms with Crippen LogP contribution in [-0.2, 0) is 24.6 Å². The van der Waals surface area contributed by atoms with E-state index in [1.807, 2.05) is 30.1 Å². The minimum Gasteiger partial charge on any atom is -0.488 e. The number of anilines is 1. The van der Waals surface area contributed by atoms with E-state index in [1.54, 1.807) is 24.4 Å². The van der Waals surface area contributed by atoms with E-state index in [9.17, 15) is 15.2 Å². The summed E-state index contributed by atoms with van der Waals surface area (Å²) in [6.45, 7) is 5.68. The summed E-state index contributed by atoms with van der Waals surface area (Å²) < 4.78 is 18.8. The molecule has 0 bridgehead atoms. The highest BCUT2D eigenvalue weighted by atomic mass is 35.5. The lowest BCUT2D eigenvalue weighted by Crippen LogP contribution is -2.60. The molecule has 3 atom stereocenters. The Hall–Kier alpha value is -5.15. The number of piperidine rings is 1. The van der Waals surface area contributed by atoms with Crippen molar-refractivity contribution in [2.24, 2.45) is 0 Å². The maximum Gasteiger partial charge on any atom is 0.320 e. The number of carboxylic acid groups (broad SMARTS) is 1. The topological polar surface area (TPSA) is 137 Å². The van der Waals surface area contributed by atoms with Gasteiger partial charge in [-0.15, -0.1) is 0 Å². The summed E-state index contributed by atoms with van der Waals surface area (Å²) in [6, 6.07) is 20.0. The molecule has 0 spiro atoms. The molecule has 2 fully saturated rings. The standard InChI is InChI=1S/C40H41ClN6O5/c1-24-13-38(43-3)47(24)40-45-33-16-28(10-11-35(33)52-40)31-8-6-7-29(25(31)2)23-51-37-17-36(50-22-27-14-26(18-42)19-44-20-27)30(15-32(37)41)21-46-12-5-4-9-34(46)39(48)49/h6-8,10-11,14-17,19-20,24,34,38,43H,4-5,9,12-13,21-23H2,1-3H3,(H,48,49)/t24-,34+,38?/m1/s1. The van der Waals surface area contributed by atoms with Crippen molar-refractivity contribution in [1.29, 1.82) is 5.26 Å². The van der Waals surface area contributed by atoms with Gasteiger partial charge in [0.1, 0.15) is 42.3 Å². The molecule has 5 aromatic rings. The fraction of sp³-hybridized carbons (Fsp3) is 0.350. The molecular formula is C40H41ClN6O5. The van der Waals surface area contributed by atoms with Crippen molar-refractivity contribution in [1.82, 2.24) is 20.2 Å². The van der Waals surface area contributed by atoms with Gasteiger partial charge in [0.05, 0.1) is 16.8 Å². The molecule has 2 aliphatic heterocycles. The summed E-state index contributed by atoms with van der Waals surface area (Å²) in [6.07, 6.45) is 6.79. The fourth-order valence-electron chi connectivity index (χ4n) is 7.21. The van der Waals surface area contributed by atoms with Crippen LogP contribution in [-0.4, -0.2) is 57.8 Å². The number of rotatable bonds is 12. The Morgan fingerprint density at radius 1 is 1.10 bits per heavy atom. The number of likely N-dealkylation sites (tertiary alicyclic amines) is 1. The number of fused-ring (bicyclic) bond motifs is 1. The van der Waals surface area contributed by atoms with Gasteiger partial charge in [-0.2, -0.15) is 10.2 Å². The number of nitriles is 1. The van der Waals surface area contributed by atoms with Gasteiger partial charge in [0.15, 0.2) is 5.58 Å². The third-order valence-electron chi connectivity index (χ3n) is 10.2. The van der Waals surface area contributed by atoms with Crippen LogP contribution in [0, 0.1) is 18.3 Å². The third-order valence-corrected chi connectivity index (χ3v) is 10.4. The predicted molar refractivity (Wildman–Crippen MR) is 198 cm³/mol. The lowest BCUT2D eigenvalue weighted by Gasteiger charge is -2.45. The summed E-state index contributed by atoms with van der Waals surface area (Å²) in [5.41, 5.74) is 7.61. The Morgan fingerprint density at radius 2 is 1.94 bits per heavy atom. The summed E-state index contributed by atoms with van der Waals surface area (Å²) in [5.74, 6) is 0.134. The largest absolute Gasteiger partial charge is 0.488 e. The number of carbonyl (C=O) groups is 1. The summed E-state index contributed by atoms with van der Waals surface area (Å²) in [4.78, 5) is 25.2. The van der Waals surface area contributed by atoms with E-state index < -0.39 is 12.0 Å². The normalized spacial score (nSPS) is 18.9. The molecule has 3 aromatic carbocycles. The van der Waals surface area contributed by atoms with Crippen LogP contribution < -0.4 is 19.7 Å². The lowest BCUT2D eigenvalue weighted by molar-refractivity contribution is -0.144. The molecule has 12 heteroatoms. The first-order chi connectivity index (χ1) is 25.2. The molecule has 2 aliphatic rings. The molecule has 11 nitrogen and oxygen atoms in total. The van der Waals surface area contributed by atoms with Crippen molar-refractivity contribution in [3.8, 4) is 28.7 Å². The minimum atomic E-state index is -0.833. The van der Waals surface area contributed by atoms with Gasteiger partial charge in [0, 0.05) is 48.6 Å². The van der Waals surface area contributed by atoms with E-state index in [0.717, 1.165) is 63.7 Å². The Kier molecular flexibility index (Phi) is 10.3. The van der Waals surface area contributed by atoms with Gasteiger partial charge in [-0.1, -0.05) is 42.3 Å². The van der Waals surface area contributed by atoms with Crippen molar-refractivity contribution in [3.63, 3.8) is 0 Å². The maximum atomic E-state index is 12.1. The minimum absolute atomic E-state index is 0.157. The van der Waals surface area contributed by atoms with E-state index in [-0.39, 0.29) is 19.4 Å². The maximum absolute atomic E-state index is 12.1. The Balaban J connectivity index is 1.13. The summed E-state index contributed by atoms with van der Waals surface area (Å²) in [7, 11) is 1.95. The second kappa shape index (κ2) is 15.2. The zero-order chi connectivity index (χ0) is 36.4. The van der Waals surface area contributed by atoms with Gasteiger partial charge < -0.3 is 29.2 Å². The van der Waals surface area contributed by atoms with Crippen LogP contribution in [0.5, 0.6) is 11.5 Å². The zero-order valence-electron chi connectivity index (χ0n) is 29.4. The molecule has 0 radical (unpaired) electrons. The number of halogens is 1. The number of aromatic nitrogens is 2. The molecule has 4 heterocycles. The molecule has 1 unspecified atom stereocenters. The fourth-order valence-corrected chi connectivity index (χ4v) is 7.45. The van der Waals surface area contributed by atoms with Gasteiger partial charge in [-0.05, 0) is 86.8 Å². The molecule has 0 amide bonds. The highest BCUT2D eigenvalue weighted by Crippen LogP contribution is 2.38. The van der Waals surface area contributed by atoms with Gasteiger partial charge in [-0.3, -0.25) is 14.7 Å². The molecule has 0 saturated carbocycles. The van der Waals surface area contributed by atoms with Crippen LogP contribution >= 0.6 is 11.6 Å². The summed E-state index contributed by atoms with van der Waals surface area (Å²) in [5, 5.41) is 22.9. The number of nitrogens with zero attached hydrogens (tertiary/aromatic N) is 5. The number of aliphatic carboxylic acids is 1. The number of carboxylic acids is 1. The number of hydrogen-bond donors (Lipinski definition) is 2. The van der Waals surface area contributed by atoms with Gasteiger partial charge in [0.25, 0.3) is 6.01 Å². The lowest BCUT2D eigenvalue weighted by atomic mass is 9.96. The average molecular weight is 721 g/mol. The number of pyridine rings is 1. The van der Waals surface area contributed by atoms with Crippen LogP contribution in [0.1, 0.15) is 60.4 Å². The van der Waals surface area contributed by atoms with Crippen molar-refractivity contribution < 1.29 is 23.8 Å². The second-order valence-corrected chi connectivity index (χ2v) is 14.0. The van der Waals surface area contributed by atoms with Gasteiger partial charge >= 0.3 is 5.97 Å². The number of oxazole rings is 1. The summed E-state index contributed by atoms with van der Waals surface area (Å²) >= 11 is 6.84. The van der Waals surface area contributed by atoms with E-state index in [1.165, 1.54) is 6.20 Å². The molecule has 2 aromatic heterocycles. The highest BCUT2D eigenvalue weighted by Gasteiger charge is 2.37. The Bertz CT molecular complexity index is 2150. The van der Waals surface area contributed by atoms with Crippen molar-refractivity contribution in [2.75, 3.05) is 18.5 Å². The van der Waals surface area contributed by atoms with E-state index in [2.05, 4.69) is 53.3 Å². The Labute approximate surface area is 307 Å². The molecule has 52 heavy (non-hydrogen) atoms. The monoisotopic (exact) mass is 720 g/mol. The average Bonchev–Trinajstić information content (AvgIpc) is 3.55. The van der Waals surface area contributed by atoms with Crippen molar-refractivity contribution >= 4 is 34.7 Å². The van der Waals surface area contributed by atoms with E-state index >= 15 is 0 Å². The molecule has 7 rings (SSSR count). The number of benzene rings is 3. The highest BCUT2D eigenvalue weighted by molar-refractivity contribution is 6.32. The number of hydrogen-bond acceptors (Lipinski definition) is 10. The molecule has 0 aliphatic carbocycles. The molecule has 2 N–H and O–H groups in total. The first kappa shape index (κ1) is 35.3. The molecule has 268 valence electrons. The first-order valence-electron chi connectivity index (χ1n) is 17.6. The van der Waals surface area contributed by atoms with E-state index in [0.29, 0.717) is 53.7 Å². The SMILES string of the molecule is CNC1C[C@@H](C)N1c1nc2cc(-c3cccc(COc4cc(OCc5cncc(C#N)c5)c(CN5CCCC[C@H]5C(=O)O)cc4Cl)c3C)ccc2o1. The third kappa shape index (κ3) is 7.28. The number of nitrogens with one attached hydrogen (secondary N) is 1. The van der Waals surface area contributed by atoms with Crippen LogP contribution in [0.15, 0.2) is 71.4 Å². The zero-order valence-corrected chi connectivity index (χ0v) is 30.2. The van der Waals surface area contributed by atoms with Gasteiger partial charge in [0.2, 0.25) is 0 Å². The van der Waals surface area contributed by atoms with Gasteiger partial charge in [-0.25, -0.2) is 0 Å². The van der Waals surface area contributed by atoms with Crippen LogP contribution in [0.4, 0.5) is 6.01 Å².